The number of ether oxygens (including phenoxy) is 2. The van der Waals surface area contributed by atoms with Crippen molar-refractivity contribution in [3.63, 3.8) is 0 Å². The number of nitro benzene ring substituents is 1. The average Bonchev–Trinajstić information content (AvgIpc) is 3.27. The molecule has 1 atom stereocenters. The van der Waals surface area contributed by atoms with E-state index >= 15 is 0 Å². The van der Waals surface area contributed by atoms with E-state index in [1.165, 1.54) is 42.8 Å². The highest BCUT2D eigenvalue weighted by Gasteiger charge is 2.38. The number of non-ortho nitro benzene ring substituents is 1. The standard InChI is InChI=1S/C21H21N3O6S/c1-29-19-10-5-15(14-20(19)30-2)21-18-4-3-11-22(18)12-13-23(21)31(27,28)17-8-6-16(7-9-17)24(25)26/h3-11,14,21H,12-13H2,1-2H3/t21-/m0/s1. The van der Waals surface area contributed by atoms with E-state index in [1.54, 1.807) is 12.1 Å². The lowest BCUT2D eigenvalue weighted by atomic mass is 10.0. The first kappa shape index (κ1) is 20.9. The van der Waals surface area contributed by atoms with Crippen LogP contribution in [0.25, 0.3) is 0 Å². The van der Waals surface area contributed by atoms with Crippen molar-refractivity contribution in [2.24, 2.45) is 0 Å². The van der Waals surface area contributed by atoms with Gasteiger partial charge in [-0.05, 0) is 42.0 Å². The Morgan fingerprint density at radius 1 is 1.00 bits per heavy atom. The SMILES string of the molecule is COc1ccc([C@H]2c3cccn3CCN2S(=O)(=O)c2ccc([N+](=O)[O-])cc2)cc1OC. The summed E-state index contributed by atoms with van der Waals surface area (Å²) in [6, 6.07) is 13.4. The highest BCUT2D eigenvalue weighted by atomic mass is 32.2. The minimum absolute atomic E-state index is 0.00332. The Hall–Kier alpha value is -3.37. The third kappa shape index (κ3) is 3.64. The Kier molecular flexibility index (Phi) is 5.42. The van der Waals surface area contributed by atoms with Crippen LogP contribution in [0.4, 0.5) is 5.69 Å². The van der Waals surface area contributed by atoms with Crippen LogP contribution in [-0.4, -0.2) is 43.0 Å². The Bertz CT molecular complexity index is 1220. The Morgan fingerprint density at radius 3 is 2.35 bits per heavy atom. The molecule has 4 rings (SSSR count). The van der Waals surface area contributed by atoms with Crippen molar-refractivity contribution in [3.05, 3.63) is 82.2 Å². The molecule has 2 heterocycles. The van der Waals surface area contributed by atoms with Crippen LogP contribution in [0.1, 0.15) is 17.3 Å². The van der Waals surface area contributed by atoms with Crippen molar-refractivity contribution < 1.29 is 22.8 Å². The summed E-state index contributed by atoms with van der Waals surface area (Å²) in [6.45, 7) is 0.748. The van der Waals surface area contributed by atoms with Gasteiger partial charge in [0.1, 0.15) is 0 Å². The van der Waals surface area contributed by atoms with Crippen LogP contribution >= 0.6 is 0 Å². The smallest absolute Gasteiger partial charge is 0.269 e. The number of rotatable bonds is 6. The maximum atomic E-state index is 13.6. The second-order valence-electron chi connectivity index (χ2n) is 7.01. The van der Waals surface area contributed by atoms with Crippen molar-refractivity contribution in [2.45, 2.75) is 17.5 Å². The number of nitrogens with zero attached hydrogens (tertiary/aromatic N) is 3. The lowest BCUT2D eigenvalue weighted by molar-refractivity contribution is -0.384. The molecule has 0 saturated heterocycles. The number of hydrogen-bond acceptors (Lipinski definition) is 6. The predicted molar refractivity (Wildman–Crippen MR) is 113 cm³/mol. The number of sulfonamides is 1. The number of methoxy groups -OCH3 is 2. The minimum Gasteiger partial charge on any atom is -0.493 e. The normalized spacial score (nSPS) is 16.5. The quantitative estimate of drug-likeness (QED) is 0.428. The van der Waals surface area contributed by atoms with Gasteiger partial charge in [0, 0.05) is 37.1 Å². The van der Waals surface area contributed by atoms with Crippen molar-refractivity contribution in [1.82, 2.24) is 8.87 Å². The van der Waals surface area contributed by atoms with Crippen LogP contribution < -0.4 is 9.47 Å². The molecule has 0 aliphatic carbocycles. The van der Waals surface area contributed by atoms with E-state index in [1.807, 2.05) is 29.0 Å². The first-order valence-corrected chi connectivity index (χ1v) is 10.9. The number of hydrogen-bond donors (Lipinski definition) is 0. The summed E-state index contributed by atoms with van der Waals surface area (Å²) >= 11 is 0. The van der Waals surface area contributed by atoms with Crippen molar-refractivity contribution in [3.8, 4) is 11.5 Å². The molecule has 1 aliphatic heterocycles. The van der Waals surface area contributed by atoms with Gasteiger partial charge >= 0.3 is 0 Å². The van der Waals surface area contributed by atoms with Crippen LogP contribution in [0.15, 0.2) is 65.7 Å². The molecule has 3 aromatic rings. The van der Waals surface area contributed by atoms with E-state index in [2.05, 4.69) is 0 Å². The highest BCUT2D eigenvalue weighted by Crippen LogP contribution is 2.39. The molecule has 0 saturated carbocycles. The van der Waals surface area contributed by atoms with Crippen molar-refractivity contribution in [1.29, 1.82) is 0 Å². The minimum atomic E-state index is -3.93. The number of benzene rings is 2. The zero-order valence-corrected chi connectivity index (χ0v) is 17.8. The summed E-state index contributed by atoms with van der Waals surface area (Å²) in [6.07, 6.45) is 1.92. The third-order valence-corrected chi connectivity index (χ3v) is 7.25. The Morgan fingerprint density at radius 2 is 1.71 bits per heavy atom. The fraction of sp³-hybridized carbons (Fsp3) is 0.238. The van der Waals surface area contributed by atoms with Crippen molar-refractivity contribution >= 4 is 15.7 Å². The zero-order chi connectivity index (χ0) is 22.2. The molecule has 1 aliphatic rings. The second kappa shape index (κ2) is 8.05. The summed E-state index contributed by atoms with van der Waals surface area (Å²) in [5, 5.41) is 10.9. The largest absolute Gasteiger partial charge is 0.493 e. The fourth-order valence-corrected chi connectivity index (χ4v) is 5.44. The zero-order valence-electron chi connectivity index (χ0n) is 17.0. The molecule has 0 fully saturated rings. The van der Waals surface area contributed by atoms with Crippen LogP contribution in [-0.2, 0) is 16.6 Å². The summed E-state index contributed by atoms with van der Waals surface area (Å²) < 4.78 is 41.3. The van der Waals surface area contributed by atoms with Gasteiger partial charge in [0.25, 0.3) is 5.69 Å². The first-order chi connectivity index (χ1) is 14.9. The first-order valence-electron chi connectivity index (χ1n) is 9.50. The molecule has 0 unspecified atom stereocenters. The average molecular weight is 443 g/mol. The molecular formula is C21H21N3O6S. The number of nitro groups is 1. The van der Waals surface area contributed by atoms with Crippen LogP contribution in [0.5, 0.6) is 11.5 Å². The summed E-state index contributed by atoms with van der Waals surface area (Å²) in [5.41, 5.74) is 1.38. The van der Waals surface area contributed by atoms with Gasteiger partial charge in [-0.3, -0.25) is 10.1 Å². The summed E-state index contributed by atoms with van der Waals surface area (Å²) in [7, 11) is -0.872. The molecule has 0 spiro atoms. The maximum Gasteiger partial charge on any atom is 0.269 e. The van der Waals surface area contributed by atoms with E-state index in [0.717, 1.165) is 11.3 Å². The molecule has 0 radical (unpaired) electrons. The van der Waals surface area contributed by atoms with Gasteiger partial charge in [-0.1, -0.05) is 6.07 Å². The van der Waals surface area contributed by atoms with Gasteiger partial charge in [0.15, 0.2) is 11.5 Å². The highest BCUT2D eigenvalue weighted by molar-refractivity contribution is 7.89. The van der Waals surface area contributed by atoms with E-state index in [-0.39, 0.29) is 17.1 Å². The van der Waals surface area contributed by atoms with Gasteiger partial charge in [-0.2, -0.15) is 4.31 Å². The van der Waals surface area contributed by atoms with E-state index in [0.29, 0.717) is 18.0 Å². The molecule has 0 N–H and O–H groups in total. The Labute approximate surface area is 179 Å². The molecule has 1 aromatic heterocycles. The van der Waals surface area contributed by atoms with Crippen molar-refractivity contribution in [2.75, 3.05) is 20.8 Å². The molecule has 162 valence electrons. The molecule has 9 nitrogen and oxygen atoms in total. The fourth-order valence-electron chi connectivity index (χ4n) is 3.86. The van der Waals surface area contributed by atoms with Gasteiger partial charge < -0.3 is 14.0 Å². The number of aromatic nitrogens is 1. The monoisotopic (exact) mass is 443 g/mol. The molecule has 10 heteroatoms. The maximum absolute atomic E-state index is 13.6. The van der Waals surface area contributed by atoms with Crippen LogP contribution in [0.3, 0.4) is 0 Å². The molecule has 0 bridgehead atoms. The summed E-state index contributed by atoms with van der Waals surface area (Å²) in [4.78, 5) is 10.4. The lowest BCUT2D eigenvalue weighted by Crippen LogP contribution is -2.42. The van der Waals surface area contributed by atoms with E-state index in [9.17, 15) is 18.5 Å². The Balaban J connectivity index is 1.82. The molecular weight excluding hydrogens is 422 g/mol. The van der Waals surface area contributed by atoms with Gasteiger partial charge in [0.2, 0.25) is 10.0 Å². The molecule has 31 heavy (non-hydrogen) atoms. The third-order valence-electron chi connectivity index (χ3n) is 5.37. The predicted octanol–water partition coefficient (Wildman–Crippen LogP) is 3.21. The lowest BCUT2D eigenvalue weighted by Gasteiger charge is -2.36. The van der Waals surface area contributed by atoms with Crippen LogP contribution in [0.2, 0.25) is 0 Å². The van der Waals surface area contributed by atoms with Gasteiger partial charge in [-0.15, -0.1) is 0 Å². The number of fused-ring (bicyclic) bond motifs is 1. The van der Waals surface area contributed by atoms with Crippen LogP contribution in [0, 0.1) is 10.1 Å². The van der Waals surface area contributed by atoms with Gasteiger partial charge in [-0.25, -0.2) is 8.42 Å². The van der Waals surface area contributed by atoms with E-state index in [4.69, 9.17) is 9.47 Å². The van der Waals surface area contributed by atoms with Gasteiger partial charge in [0.05, 0.1) is 30.1 Å². The second-order valence-corrected chi connectivity index (χ2v) is 8.90. The summed E-state index contributed by atoms with van der Waals surface area (Å²) in [5.74, 6) is 1.04. The molecule has 2 aromatic carbocycles. The topological polar surface area (TPSA) is 104 Å². The molecule has 0 amide bonds. The van der Waals surface area contributed by atoms with E-state index < -0.39 is 21.0 Å².